The van der Waals surface area contributed by atoms with Crippen molar-refractivity contribution >= 4 is 24.1 Å². The van der Waals surface area contributed by atoms with Crippen molar-refractivity contribution in [2.45, 2.75) is 6.92 Å². The van der Waals surface area contributed by atoms with Crippen LogP contribution >= 0.6 is 0 Å². The second kappa shape index (κ2) is 6.68. The molecule has 22 heavy (non-hydrogen) atoms. The van der Waals surface area contributed by atoms with Crippen LogP contribution in [0.15, 0.2) is 70.2 Å². The summed E-state index contributed by atoms with van der Waals surface area (Å²) in [6, 6.07) is 20.0. The van der Waals surface area contributed by atoms with Gasteiger partial charge in [0.15, 0.2) is 5.76 Å². The highest BCUT2D eigenvalue weighted by molar-refractivity contribution is 5.84. The summed E-state index contributed by atoms with van der Waals surface area (Å²) in [6.45, 7) is 1.89. The number of aryl methyl sites for hydroxylation is 1. The maximum Gasteiger partial charge on any atom is 0.185 e. The lowest BCUT2D eigenvalue weighted by Crippen LogP contribution is -1.79. The summed E-state index contributed by atoms with van der Waals surface area (Å²) in [7, 11) is 0. The van der Waals surface area contributed by atoms with Crippen molar-refractivity contribution in [2.24, 2.45) is 4.99 Å². The maximum absolute atomic E-state index is 5.36. The molecule has 1 heterocycles. The van der Waals surface area contributed by atoms with Crippen LogP contribution in [0.5, 0.6) is 0 Å². The van der Waals surface area contributed by atoms with E-state index in [1.165, 1.54) is 0 Å². The van der Waals surface area contributed by atoms with Gasteiger partial charge < -0.3 is 4.52 Å². The molecule has 1 aromatic heterocycles. The molecule has 2 aromatic carbocycles. The maximum atomic E-state index is 5.36. The van der Waals surface area contributed by atoms with Crippen LogP contribution in [0.3, 0.4) is 0 Å². The molecular formula is C19H16N2O. The van der Waals surface area contributed by atoms with Crippen molar-refractivity contribution in [3.05, 3.63) is 83.2 Å². The second-order valence-corrected chi connectivity index (χ2v) is 4.89. The van der Waals surface area contributed by atoms with Gasteiger partial charge in [0.2, 0.25) is 0 Å². The highest BCUT2D eigenvalue weighted by Gasteiger charge is 2.08. The van der Waals surface area contributed by atoms with E-state index in [2.05, 4.69) is 10.1 Å². The first-order valence-electron chi connectivity index (χ1n) is 7.11. The molecule has 0 N–H and O–H groups in total. The molecule has 0 amide bonds. The molecule has 0 aliphatic heterocycles. The molecule has 0 spiro atoms. The lowest BCUT2D eigenvalue weighted by molar-refractivity contribution is 0.408. The van der Waals surface area contributed by atoms with Crippen molar-refractivity contribution in [3.8, 4) is 0 Å². The van der Waals surface area contributed by atoms with Gasteiger partial charge in [0.25, 0.3) is 0 Å². The fraction of sp³-hybridized carbons (Fsp3) is 0.0526. The first kappa shape index (κ1) is 14.0. The standard InChI is InChI=1S/C19H16N2O/c1-15-19(20-14-17-10-6-3-7-11-17)18(22-21-15)13-12-16-8-4-2-5-9-16/h2-14H,1H3/b13-12+,20-14?. The summed E-state index contributed by atoms with van der Waals surface area (Å²) in [6.07, 6.45) is 5.70. The highest BCUT2D eigenvalue weighted by atomic mass is 16.5. The van der Waals surface area contributed by atoms with Crippen molar-refractivity contribution < 1.29 is 4.52 Å². The Kier molecular flexibility index (Phi) is 4.25. The zero-order valence-electron chi connectivity index (χ0n) is 12.3. The molecule has 3 nitrogen and oxygen atoms in total. The van der Waals surface area contributed by atoms with E-state index in [1.807, 2.05) is 86.0 Å². The average Bonchev–Trinajstić information content (AvgIpc) is 2.93. The van der Waals surface area contributed by atoms with Crippen LogP contribution in [0.4, 0.5) is 5.69 Å². The molecule has 108 valence electrons. The van der Waals surface area contributed by atoms with Gasteiger partial charge >= 0.3 is 0 Å². The third kappa shape index (κ3) is 3.38. The number of aliphatic imine (C=N–C) groups is 1. The van der Waals surface area contributed by atoms with Crippen molar-refractivity contribution in [1.82, 2.24) is 5.16 Å². The third-order valence-corrected chi connectivity index (χ3v) is 3.23. The molecule has 3 rings (SSSR count). The summed E-state index contributed by atoms with van der Waals surface area (Å²) in [5, 5.41) is 4.00. The van der Waals surface area contributed by atoms with E-state index in [0.717, 1.165) is 22.5 Å². The molecule has 0 bridgehead atoms. The highest BCUT2D eigenvalue weighted by Crippen LogP contribution is 2.25. The summed E-state index contributed by atoms with van der Waals surface area (Å²) in [5.74, 6) is 0.661. The van der Waals surface area contributed by atoms with Gasteiger partial charge in [-0.05, 0) is 24.1 Å². The topological polar surface area (TPSA) is 38.4 Å². The van der Waals surface area contributed by atoms with Crippen molar-refractivity contribution in [3.63, 3.8) is 0 Å². The lowest BCUT2D eigenvalue weighted by atomic mass is 10.2. The zero-order valence-corrected chi connectivity index (χ0v) is 12.3. The largest absolute Gasteiger partial charge is 0.354 e. The Balaban J connectivity index is 1.85. The van der Waals surface area contributed by atoms with Crippen molar-refractivity contribution in [2.75, 3.05) is 0 Å². The number of rotatable bonds is 4. The summed E-state index contributed by atoms with van der Waals surface area (Å²) < 4.78 is 5.36. The van der Waals surface area contributed by atoms with E-state index >= 15 is 0 Å². The van der Waals surface area contributed by atoms with Crippen LogP contribution in [-0.4, -0.2) is 11.4 Å². The van der Waals surface area contributed by atoms with Crippen LogP contribution in [-0.2, 0) is 0 Å². The number of aromatic nitrogens is 1. The normalized spacial score (nSPS) is 11.5. The molecule has 0 saturated carbocycles. The number of nitrogens with zero attached hydrogens (tertiary/aromatic N) is 2. The fourth-order valence-corrected chi connectivity index (χ4v) is 2.06. The van der Waals surface area contributed by atoms with Gasteiger partial charge in [-0.25, -0.2) is 0 Å². The lowest BCUT2D eigenvalue weighted by Gasteiger charge is -1.94. The Labute approximate surface area is 129 Å². The fourth-order valence-electron chi connectivity index (χ4n) is 2.06. The van der Waals surface area contributed by atoms with Crippen molar-refractivity contribution in [1.29, 1.82) is 0 Å². The van der Waals surface area contributed by atoms with Crippen LogP contribution in [0, 0.1) is 6.92 Å². The molecule has 0 saturated heterocycles. The molecule has 0 unspecified atom stereocenters. The van der Waals surface area contributed by atoms with Gasteiger partial charge in [-0.15, -0.1) is 0 Å². The number of hydrogen-bond acceptors (Lipinski definition) is 3. The molecular weight excluding hydrogens is 272 g/mol. The Bertz CT molecular complexity index is 787. The predicted octanol–water partition coefficient (Wildman–Crippen LogP) is 4.90. The SMILES string of the molecule is Cc1noc(/C=C/c2ccccc2)c1N=Cc1ccccc1. The zero-order chi connectivity index (χ0) is 15.2. The van der Waals surface area contributed by atoms with Gasteiger partial charge in [-0.2, -0.15) is 0 Å². The average molecular weight is 288 g/mol. The van der Waals surface area contributed by atoms with E-state index < -0.39 is 0 Å². The Morgan fingerprint density at radius 3 is 2.18 bits per heavy atom. The smallest absolute Gasteiger partial charge is 0.185 e. The summed E-state index contributed by atoms with van der Waals surface area (Å²) in [4.78, 5) is 4.52. The van der Waals surface area contributed by atoms with Crippen LogP contribution in [0.1, 0.15) is 22.6 Å². The van der Waals surface area contributed by atoms with Gasteiger partial charge in [0, 0.05) is 6.21 Å². The van der Waals surface area contributed by atoms with Gasteiger partial charge in [-0.3, -0.25) is 4.99 Å². The molecule has 0 aliphatic carbocycles. The molecule has 3 heteroatoms. The van der Waals surface area contributed by atoms with E-state index in [9.17, 15) is 0 Å². The molecule has 3 aromatic rings. The van der Waals surface area contributed by atoms with Crippen LogP contribution in [0.25, 0.3) is 12.2 Å². The minimum absolute atomic E-state index is 0.661. The first-order chi connectivity index (χ1) is 10.8. The third-order valence-electron chi connectivity index (χ3n) is 3.23. The summed E-state index contributed by atoms with van der Waals surface area (Å²) >= 11 is 0. The molecule has 0 fully saturated rings. The van der Waals surface area contributed by atoms with Crippen LogP contribution in [0.2, 0.25) is 0 Å². The van der Waals surface area contributed by atoms with E-state index in [4.69, 9.17) is 4.52 Å². The number of hydrogen-bond donors (Lipinski definition) is 0. The quantitative estimate of drug-likeness (QED) is 0.640. The molecule has 0 aliphatic rings. The second-order valence-electron chi connectivity index (χ2n) is 4.89. The Hall–Kier alpha value is -2.94. The summed E-state index contributed by atoms with van der Waals surface area (Å²) in [5.41, 5.74) is 3.69. The van der Waals surface area contributed by atoms with Gasteiger partial charge in [0.1, 0.15) is 11.4 Å². The number of benzene rings is 2. The van der Waals surface area contributed by atoms with E-state index in [0.29, 0.717) is 5.76 Å². The first-order valence-corrected chi connectivity index (χ1v) is 7.11. The van der Waals surface area contributed by atoms with Gasteiger partial charge in [0.05, 0.1) is 0 Å². The van der Waals surface area contributed by atoms with E-state index in [-0.39, 0.29) is 0 Å². The Morgan fingerprint density at radius 2 is 1.50 bits per heavy atom. The van der Waals surface area contributed by atoms with E-state index in [1.54, 1.807) is 0 Å². The minimum atomic E-state index is 0.661. The monoisotopic (exact) mass is 288 g/mol. The van der Waals surface area contributed by atoms with Crippen LogP contribution < -0.4 is 0 Å². The molecule has 0 atom stereocenters. The Morgan fingerprint density at radius 1 is 0.864 bits per heavy atom. The van der Waals surface area contributed by atoms with Gasteiger partial charge in [-0.1, -0.05) is 71.9 Å². The minimum Gasteiger partial charge on any atom is -0.354 e. The molecule has 0 radical (unpaired) electrons. The predicted molar refractivity (Wildman–Crippen MR) is 90.3 cm³/mol.